The number of carbonyl (C=O) groups excluding carboxylic acids is 2. The summed E-state index contributed by atoms with van der Waals surface area (Å²) in [6.07, 6.45) is 4.73. The van der Waals surface area contributed by atoms with E-state index in [1.54, 1.807) is 0 Å². The highest BCUT2D eigenvalue weighted by Gasteiger charge is 2.31. The second kappa shape index (κ2) is 9.31. The number of nitrogens with zero attached hydrogens (tertiary/aromatic N) is 4. The monoisotopic (exact) mass is 493 g/mol. The summed E-state index contributed by atoms with van der Waals surface area (Å²) in [5.74, 6) is -0.156. The van der Waals surface area contributed by atoms with Crippen LogP contribution >= 0.6 is 22.7 Å². The van der Waals surface area contributed by atoms with Gasteiger partial charge in [0.1, 0.15) is 10.6 Å². The van der Waals surface area contributed by atoms with Crippen LogP contribution in [0, 0.1) is 20.8 Å². The van der Waals surface area contributed by atoms with Crippen LogP contribution in [0.4, 0.5) is 0 Å². The van der Waals surface area contributed by atoms with E-state index in [1.807, 2.05) is 65.9 Å². The van der Waals surface area contributed by atoms with Gasteiger partial charge in [-0.3, -0.25) is 14.0 Å². The molecule has 0 radical (unpaired) electrons. The minimum absolute atomic E-state index is 0.000817. The lowest BCUT2D eigenvalue weighted by atomic mass is 10.0. The number of hydrogen-bond donors (Lipinski definition) is 1. The van der Waals surface area contributed by atoms with Gasteiger partial charge in [0.2, 0.25) is 0 Å². The highest BCUT2D eigenvalue weighted by molar-refractivity contribution is 7.15. The number of aryl methyl sites for hydroxylation is 3. The Bertz CT molecular complexity index is 1350. The van der Waals surface area contributed by atoms with E-state index in [9.17, 15) is 9.59 Å². The van der Waals surface area contributed by atoms with E-state index in [2.05, 4.69) is 15.3 Å². The smallest absolute Gasteiger partial charge is 0.270 e. The number of fused-ring (bicyclic) bond motifs is 1. The van der Waals surface area contributed by atoms with Crippen LogP contribution in [0.2, 0.25) is 0 Å². The molecule has 7 nitrogen and oxygen atoms in total. The molecule has 3 aromatic heterocycles. The van der Waals surface area contributed by atoms with E-state index >= 15 is 0 Å². The molecule has 34 heavy (non-hydrogen) atoms. The molecule has 176 valence electrons. The molecule has 0 unspecified atom stereocenters. The zero-order valence-corrected chi connectivity index (χ0v) is 21.1. The van der Waals surface area contributed by atoms with Gasteiger partial charge in [-0.1, -0.05) is 29.8 Å². The fourth-order valence-electron chi connectivity index (χ4n) is 4.55. The van der Waals surface area contributed by atoms with Crippen LogP contribution in [0.1, 0.15) is 55.7 Å². The van der Waals surface area contributed by atoms with Crippen molar-refractivity contribution in [2.45, 2.75) is 46.1 Å². The third-order valence-electron chi connectivity index (χ3n) is 6.29. The largest absolute Gasteiger partial charge is 0.349 e. The SMILES string of the molecule is Cc1ccc(-c2nc(C)sc2C(=O)N2CCCC[C@H]2CNC(=O)c2c(C)nc3sccn23)cc1. The number of imidazole rings is 1. The minimum atomic E-state index is -0.157. The summed E-state index contributed by atoms with van der Waals surface area (Å²) in [5, 5.41) is 5.86. The quantitative estimate of drug-likeness (QED) is 0.430. The summed E-state index contributed by atoms with van der Waals surface area (Å²) in [7, 11) is 0. The number of nitrogens with one attached hydrogen (secondary N) is 1. The highest BCUT2D eigenvalue weighted by atomic mass is 32.1. The van der Waals surface area contributed by atoms with Gasteiger partial charge in [0, 0.05) is 36.3 Å². The molecule has 9 heteroatoms. The predicted octanol–water partition coefficient (Wildman–Crippen LogP) is 4.87. The molecular formula is C25H27N5O2S2. The van der Waals surface area contributed by atoms with Gasteiger partial charge in [-0.25, -0.2) is 9.97 Å². The van der Waals surface area contributed by atoms with Gasteiger partial charge in [-0.05, 0) is 40.0 Å². The molecule has 2 amide bonds. The van der Waals surface area contributed by atoms with Crippen molar-refractivity contribution in [3.8, 4) is 11.3 Å². The highest BCUT2D eigenvalue weighted by Crippen LogP contribution is 2.31. The van der Waals surface area contributed by atoms with Gasteiger partial charge in [0.25, 0.3) is 11.8 Å². The molecule has 0 aliphatic carbocycles. The molecule has 0 bridgehead atoms. The molecule has 1 saturated heterocycles. The van der Waals surface area contributed by atoms with Gasteiger partial charge >= 0.3 is 0 Å². The zero-order valence-electron chi connectivity index (χ0n) is 19.5. The number of aromatic nitrogens is 3. The summed E-state index contributed by atoms with van der Waals surface area (Å²) in [6, 6.07) is 8.08. The number of benzene rings is 1. The van der Waals surface area contributed by atoms with Crippen molar-refractivity contribution >= 4 is 39.4 Å². The van der Waals surface area contributed by atoms with Crippen molar-refractivity contribution in [1.82, 2.24) is 24.6 Å². The summed E-state index contributed by atoms with van der Waals surface area (Å²) in [4.78, 5) is 39.3. The number of amides is 2. The second-order valence-corrected chi connectivity index (χ2v) is 10.8. The van der Waals surface area contributed by atoms with E-state index < -0.39 is 0 Å². The van der Waals surface area contributed by atoms with Gasteiger partial charge < -0.3 is 10.2 Å². The molecule has 4 aromatic rings. The average Bonchev–Trinajstić information content (AvgIpc) is 3.52. The fourth-order valence-corrected chi connectivity index (χ4v) is 6.21. The molecular weight excluding hydrogens is 466 g/mol. The van der Waals surface area contributed by atoms with Crippen LogP contribution in [0.15, 0.2) is 35.8 Å². The Morgan fingerprint density at radius 3 is 2.71 bits per heavy atom. The third kappa shape index (κ3) is 4.25. The summed E-state index contributed by atoms with van der Waals surface area (Å²) >= 11 is 2.95. The summed E-state index contributed by atoms with van der Waals surface area (Å²) < 4.78 is 1.83. The summed E-state index contributed by atoms with van der Waals surface area (Å²) in [5.41, 5.74) is 4.14. The molecule has 1 aliphatic heterocycles. The van der Waals surface area contributed by atoms with Crippen molar-refractivity contribution in [3.05, 3.63) is 62.7 Å². The van der Waals surface area contributed by atoms with Crippen molar-refractivity contribution in [1.29, 1.82) is 0 Å². The van der Waals surface area contributed by atoms with Crippen molar-refractivity contribution < 1.29 is 9.59 Å². The van der Waals surface area contributed by atoms with E-state index in [4.69, 9.17) is 0 Å². The molecule has 1 aromatic carbocycles. The Labute approximate surface area is 206 Å². The van der Waals surface area contributed by atoms with Crippen molar-refractivity contribution in [3.63, 3.8) is 0 Å². The normalized spacial score (nSPS) is 16.2. The average molecular weight is 494 g/mol. The van der Waals surface area contributed by atoms with Gasteiger partial charge in [0.05, 0.1) is 16.4 Å². The fraction of sp³-hybridized carbons (Fsp3) is 0.360. The first-order chi connectivity index (χ1) is 16.4. The number of likely N-dealkylation sites (tertiary alicyclic amines) is 1. The molecule has 1 atom stereocenters. The Morgan fingerprint density at radius 1 is 1.12 bits per heavy atom. The number of thiazole rings is 2. The first kappa shape index (κ1) is 22.7. The summed E-state index contributed by atoms with van der Waals surface area (Å²) in [6.45, 7) is 6.93. The topological polar surface area (TPSA) is 79.6 Å². The van der Waals surface area contributed by atoms with E-state index in [0.29, 0.717) is 29.4 Å². The van der Waals surface area contributed by atoms with E-state index in [0.717, 1.165) is 40.5 Å². The van der Waals surface area contributed by atoms with Gasteiger partial charge in [-0.2, -0.15) is 0 Å². The number of carbonyl (C=O) groups is 2. The molecule has 1 N–H and O–H groups in total. The van der Waals surface area contributed by atoms with Crippen LogP contribution in [-0.4, -0.2) is 50.2 Å². The maximum absolute atomic E-state index is 13.7. The van der Waals surface area contributed by atoms with Gasteiger partial charge in [0.15, 0.2) is 4.96 Å². The number of hydrogen-bond acceptors (Lipinski definition) is 6. The van der Waals surface area contributed by atoms with E-state index in [-0.39, 0.29) is 17.9 Å². The van der Waals surface area contributed by atoms with Crippen LogP contribution in [0.5, 0.6) is 0 Å². The molecule has 0 saturated carbocycles. The third-order valence-corrected chi connectivity index (χ3v) is 8.01. The molecule has 1 aliphatic rings. The minimum Gasteiger partial charge on any atom is -0.349 e. The molecule has 0 spiro atoms. The lowest BCUT2D eigenvalue weighted by molar-refractivity contribution is 0.0607. The molecule has 1 fully saturated rings. The zero-order chi connectivity index (χ0) is 23.8. The second-order valence-electron chi connectivity index (χ2n) is 8.74. The maximum Gasteiger partial charge on any atom is 0.270 e. The van der Waals surface area contributed by atoms with Gasteiger partial charge in [-0.15, -0.1) is 22.7 Å². The first-order valence-corrected chi connectivity index (χ1v) is 13.2. The Hall–Kier alpha value is -3.04. The Kier molecular flexibility index (Phi) is 6.22. The van der Waals surface area contributed by atoms with Crippen LogP contribution in [-0.2, 0) is 0 Å². The standard InChI is InChI=1S/C25H27N5O2S2/c1-15-7-9-18(10-8-15)20-22(34-17(3)28-20)24(32)29-11-5-4-6-19(29)14-26-23(31)21-16(2)27-25-30(21)12-13-33-25/h7-10,12-13,19H,4-6,11,14H2,1-3H3,(H,26,31)/t19-/m0/s1. The van der Waals surface area contributed by atoms with Crippen molar-refractivity contribution in [2.75, 3.05) is 13.1 Å². The lowest BCUT2D eigenvalue weighted by Crippen LogP contribution is -2.49. The van der Waals surface area contributed by atoms with Crippen LogP contribution in [0.3, 0.4) is 0 Å². The Balaban J connectivity index is 1.36. The maximum atomic E-state index is 13.7. The van der Waals surface area contributed by atoms with Crippen LogP contribution in [0.25, 0.3) is 16.2 Å². The molecule has 5 rings (SSSR count). The Morgan fingerprint density at radius 2 is 1.91 bits per heavy atom. The molecule has 4 heterocycles. The predicted molar refractivity (Wildman–Crippen MR) is 136 cm³/mol. The van der Waals surface area contributed by atoms with E-state index in [1.165, 1.54) is 28.2 Å². The number of piperidine rings is 1. The number of rotatable bonds is 5. The van der Waals surface area contributed by atoms with Crippen molar-refractivity contribution in [2.24, 2.45) is 0 Å². The van der Waals surface area contributed by atoms with Crippen LogP contribution < -0.4 is 5.32 Å². The lowest BCUT2D eigenvalue weighted by Gasteiger charge is -2.35. The first-order valence-electron chi connectivity index (χ1n) is 11.5.